The number of aromatic nitrogens is 2. The molecule has 1 aromatic carbocycles. The molecule has 36 heavy (non-hydrogen) atoms. The summed E-state index contributed by atoms with van der Waals surface area (Å²) in [6.45, 7) is 13.4. The van der Waals surface area contributed by atoms with Crippen LogP contribution in [0.5, 0.6) is 11.5 Å². The average molecular weight is 495 g/mol. The molecule has 4 rings (SSSR count). The van der Waals surface area contributed by atoms with Gasteiger partial charge in [-0.25, -0.2) is 14.6 Å². The number of benzene rings is 1. The third-order valence-electron chi connectivity index (χ3n) is 5.48. The maximum atomic E-state index is 13.0. The van der Waals surface area contributed by atoms with E-state index < -0.39 is 17.2 Å². The van der Waals surface area contributed by atoms with E-state index in [2.05, 4.69) is 14.9 Å². The number of hydrogen-bond acceptors (Lipinski definition) is 7. The minimum atomic E-state index is -0.642. The van der Waals surface area contributed by atoms with E-state index in [-0.39, 0.29) is 6.09 Å². The van der Waals surface area contributed by atoms with Crippen LogP contribution in [0.3, 0.4) is 0 Å². The Morgan fingerprint density at radius 2 is 1.61 bits per heavy atom. The van der Waals surface area contributed by atoms with Gasteiger partial charge >= 0.3 is 12.1 Å². The zero-order valence-corrected chi connectivity index (χ0v) is 21.8. The summed E-state index contributed by atoms with van der Waals surface area (Å²) in [5, 5.41) is 0.903. The van der Waals surface area contributed by atoms with Gasteiger partial charge in [0.15, 0.2) is 0 Å². The molecule has 0 unspecified atom stereocenters. The van der Waals surface area contributed by atoms with Crippen LogP contribution in [-0.2, 0) is 9.47 Å². The van der Waals surface area contributed by atoms with E-state index in [9.17, 15) is 9.59 Å². The molecular weight excluding hydrogens is 460 g/mol. The number of pyridine rings is 1. The fraction of sp³-hybridized carbons (Fsp3) is 0.444. The third kappa shape index (κ3) is 6.27. The maximum absolute atomic E-state index is 13.0. The fourth-order valence-electron chi connectivity index (χ4n) is 3.87. The largest absolute Gasteiger partial charge is 0.456 e. The van der Waals surface area contributed by atoms with Crippen molar-refractivity contribution in [2.75, 3.05) is 31.1 Å². The van der Waals surface area contributed by atoms with Gasteiger partial charge < -0.3 is 29.0 Å². The summed E-state index contributed by atoms with van der Waals surface area (Å²) in [7, 11) is 0. The van der Waals surface area contributed by atoms with E-state index in [4.69, 9.17) is 14.2 Å². The summed E-state index contributed by atoms with van der Waals surface area (Å²) < 4.78 is 17.3. The summed E-state index contributed by atoms with van der Waals surface area (Å²) >= 11 is 0. The van der Waals surface area contributed by atoms with Crippen LogP contribution in [0.4, 0.5) is 10.5 Å². The van der Waals surface area contributed by atoms with Gasteiger partial charge in [-0.05, 0) is 65.8 Å². The molecule has 0 bridgehead atoms. The van der Waals surface area contributed by atoms with Gasteiger partial charge in [0.2, 0.25) is 0 Å². The predicted octanol–water partition coefficient (Wildman–Crippen LogP) is 5.37. The van der Waals surface area contributed by atoms with Gasteiger partial charge in [-0.2, -0.15) is 0 Å². The molecule has 0 atom stereocenters. The van der Waals surface area contributed by atoms with Gasteiger partial charge in [-0.3, -0.25) is 0 Å². The lowest BCUT2D eigenvalue weighted by Gasteiger charge is -2.37. The number of carbonyl (C=O) groups excluding carboxylic acids is 2. The number of aromatic amines is 1. The Labute approximate surface area is 211 Å². The molecule has 0 spiro atoms. The first-order valence-electron chi connectivity index (χ1n) is 12.1. The highest BCUT2D eigenvalue weighted by Crippen LogP contribution is 2.33. The molecule has 1 amide bonds. The molecule has 1 aliphatic heterocycles. The molecule has 9 heteroatoms. The van der Waals surface area contributed by atoms with Crippen LogP contribution in [0, 0.1) is 0 Å². The van der Waals surface area contributed by atoms with Crippen LogP contribution in [0.25, 0.3) is 11.0 Å². The van der Waals surface area contributed by atoms with Crippen molar-refractivity contribution < 1.29 is 23.8 Å². The van der Waals surface area contributed by atoms with Crippen molar-refractivity contribution in [3.05, 3.63) is 48.3 Å². The highest BCUT2D eigenvalue weighted by Gasteiger charge is 2.27. The Kier molecular flexibility index (Phi) is 6.84. The molecule has 1 N–H and O–H groups in total. The van der Waals surface area contributed by atoms with Gasteiger partial charge in [-0.15, -0.1) is 0 Å². The Morgan fingerprint density at radius 1 is 0.917 bits per heavy atom. The second-order valence-corrected chi connectivity index (χ2v) is 10.8. The molecule has 0 radical (unpaired) electrons. The predicted molar refractivity (Wildman–Crippen MR) is 138 cm³/mol. The van der Waals surface area contributed by atoms with Crippen LogP contribution in [0.1, 0.15) is 51.9 Å². The Bertz CT molecular complexity index is 1250. The van der Waals surface area contributed by atoms with Gasteiger partial charge in [0.25, 0.3) is 0 Å². The summed E-state index contributed by atoms with van der Waals surface area (Å²) in [5.74, 6) is 0.432. The summed E-state index contributed by atoms with van der Waals surface area (Å²) in [4.78, 5) is 36.7. The fourth-order valence-corrected chi connectivity index (χ4v) is 3.87. The Balaban J connectivity index is 1.56. The smallest absolute Gasteiger partial charge is 0.410 e. The van der Waals surface area contributed by atoms with E-state index in [1.54, 1.807) is 17.2 Å². The number of esters is 1. The second-order valence-electron chi connectivity index (χ2n) is 10.8. The average Bonchev–Trinajstić information content (AvgIpc) is 3.25. The van der Waals surface area contributed by atoms with Crippen molar-refractivity contribution in [3.8, 4) is 11.5 Å². The standard InChI is InChI=1S/C27H34N4O5/c1-26(2,3)35-24(32)21-8-7-19(30-11-13-31(14-12-30)25(33)36-27(4,5)6)16-22(21)34-20-15-18-9-10-28-23(18)29-17-20/h7-10,15-17H,11-14H2,1-6H3,(H,28,29). The molecule has 1 aliphatic rings. The zero-order valence-electron chi connectivity index (χ0n) is 21.8. The number of fused-ring (bicyclic) bond motifs is 1. The van der Waals surface area contributed by atoms with E-state index in [0.717, 1.165) is 16.7 Å². The number of nitrogens with one attached hydrogen (secondary N) is 1. The van der Waals surface area contributed by atoms with Crippen LogP contribution >= 0.6 is 0 Å². The SMILES string of the molecule is CC(C)(C)OC(=O)c1ccc(N2CCN(C(=O)OC(C)(C)C)CC2)cc1Oc1cnc2[nH]ccc2c1. The molecule has 9 nitrogen and oxygen atoms in total. The molecule has 0 saturated carbocycles. The lowest BCUT2D eigenvalue weighted by Crippen LogP contribution is -2.50. The van der Waals surface area contributed by atoms with Crippen molar-refractivity contribution >= 4 is 28.8 Å². The molecule has 3 heterocycles. The van der Waals surface area contributed by atoms with Gasteiger partial charge in [0, 0.05) is 49.5 Å². The molecule has 1 saturated heterocycles. The highest BCUT2D eigenvalue weighted by atomic mass is 16.6. The van der Waals surface area contributed by atoms with Crippen molar-refractivity contribution in [1.29, 1.82) is 0 Å². The molecule has 192 valence electrons. The van der Waals surface area contributed by atoms with Gasteiger partial charge in [-0.1, -0.05) is 0 Å². The number of ether oxygens (including phenoxy) is 3. The molecule has 1 fully saturated rings. The van der Waals surface area contributed by atoms with Gasteiger partial charge in [0.05, 0.1) is 6.20 Å². The lowest BCUT2D eigenvalue weighted by molar-refractivity contribution is 0.00663. The normalized spacial score (nSPS) is 14.6. The highest BCUT2D eigenvalue weighted by molar-refractivity contribution is 5.93. The number of nitrogens with zero attached hydrogens (tertiary/aromatic N) is 3. The Hall–Kier alpha value is -3.75. The summed E-state index contributed by atoms with van der Waals surface area (Å²) in [6, 6.07) is 9.21. The molecular formula is C27H34N4O5. The quantitative estimate of drug-likeness (QED) is 0.487. The van der Waals surface area contributed by atoms with E-state index in [0.29, 0.717) is 43.2 Å². The minimum Gasteiger partial charge on any atom is -0.456 e. The van der Waals surface area contributed by atoms with Crippen LogP contribution in [-0.4, -0.2) is 64.3 Å². The first kappa shape index (κ1) is 25.3. The van der Waals surface area contributed by atoms with Crippen molar-refractivity contribution in [2.45, 2.75) is 52.7 Å². The molecule has 0 aliphatic carbocycles. The van der Waals surface area contributed by atoms with Crippen molar-refractivity contribution in [1.82, 2.24) is 14.9 Å². The lowest BCUT2D eigenvalue weighted by atomic mass is 10.1. The minimum absolute atomic E-state index is 0.306. The third-order valence-corrected chi connectivity index (χ3v) is 5.48. The van der Waals surface area contributed by atoms with Crippen LogP contribution < -0.4 is 9.64 Å². The molecule has 3 aromatic rings. The van der Waals surface area contributed by atoms with Crippen molar-refractivity contribution in [2.24, 2.45) is 0 Å². The van der Waals surface area contributed by atoms with Gasteiger partial charge in [0.1, 0.15) is 33.9 Å². The van der Waals surface area contributed by atoms with Crippen molar-refractivity contribution in [3.63, 3.8) is 0 Å². The number of anilines is 1. The zero-order chi connectivity index (χ0) is 26.1. The summed E-state index contributed by atoms with van der Waals surface area (Å²) in [5.41, 5.74) is 0.797. The van der Waals surface area contributed by atoms with Crippen LogP contribution in [0.2, 0.25) is 0 Å². The first-order chi connectivity index (χ1) is 16.9. The number of carbonyl (C=O) groups is 2. The Morgan fingerprint density at radius 3 is 2.28 bits per heavy atom. The van der Waals surface area contributed by atoms with E-state index >= 15 is 0 Å². The maximum Gasteiger partial charge on any atom is 0.410 e. The molecule has 2 aromatic heterocycles. The van der Waals surface area contributed by atoms with E-state index in [1.165, 1.54) is 0 Å². The first-order valence-corrected chi connectivity index (χ1v) is 12.1. The number of amides is 1. The second kappa shape index (κ2) is 9.72. The topological polar surface area (TPSA) is 97.0 Å². The number of rotatable bonds is 4. The number of piperazine rings is 1. The summed E-state index contributed by atoms with van der Waals surface area (Å²) in [6.07, 6.45) is 3.12. The van der Waals surface area contributed by atoms with E-state index in [1.807, 2.05) is 72.0 Å². The number of hydrogen-bond donors (Lipinski definition) is 1. The van der Waals surface area contributed by atoms with Crippen LogP contribution in [0.15, 0.2) is 42.7 Å². The number of H-pyrrole nitrogens is 1. The monoisotopic (exact) mass is 494 g/mol.